The van der Waals surface area contributed by atoms with Crippen molar-refractivity contribution < 1.29 is 4.79 Å². The number of nitrogens with one attached hydrogen (secondary N) is 1. The molecule has 1 aliphatic carbocycles. The highest BCUT2D eigenvalue weighted by atomic mass is 35.5. The summed E-state index contributed by atoms with van der Waals surface area (Å²) in [7, 11) is 0. The van der Waals surface area contributed by atoms with Gasteiger partial charge in [-0.1, -0.05) is 38.4 Å². The Bertz CT molecular complexity index is 386. The average molecular weight is 254 g/mol. The van der Waals surface area contributed by atoms with Crippen molar-refractivity contribution in [3.05, 3.63) is 28.8 Å². The minimum absolute atomic E-state index is 0.00364. The molecule has 1 N–H and O–H groups in total. The number of rotatable bonds is 3. The standard InChI is InChI=1S/C12H14ClNO.C2H6/c1-2-12(15)14-11-6-5-9(7-10(11)13)8-3-4-8;1-2/h5-8H,2-4H2,1H3,(H,14,15);1-2H3. The highest BCUT2D eigenvalue weighted by Gasteiger charge is 2.23. The lowest BCUT2D eigenvalue weighted by Gasteiger charge is -2.07. The molecule has 0 atom stereocenters. The number of hydrogen-bond donors (Lipinski definition) is 1. The zero-order chi connectivity index (χ0) is 12.8. The van der Waals surface area contributed by atoms with Crippen molar-refractivity contribution in [3.63, 3.8) is 0 Å². The van der Waals surface area contributed by atoms with Crippen molar-refractivity contribution in [1.29, 1.82) is 0 Å². The smallest absolute Gasteiger partial charge is 0.224 e. The van der Waals surface area contributed by atoms with Gasteiger partial charge in [0.15, 0.2) is 0 Å². The van der Waals surface area contributed by atoms with E-state index < -0.39 is 0 Å². The highest BCUT2D eigenvalue weighted by Crippen LogP contribution is 2.41. The second-order valence-electron chi connectivity index (χ2n) is 3.92. The summed E-state index contributed by atoms with van der Waals surface area (Å²) in [4.78, 5) is 11.2. The zero-order valence-electron chi connectivity index (χ0n) is 10.7. The Hall–Kier alpha value is -1.02. The lowest BCUT2D eigenvalue weighted by molar-refractivity contribution is -0.115. The number of halogens is 1. The fourth-order valence-corrected chi connectivity index (χ4v) is 1.78. The van der Waals surface area contributed by atoms with Gasteiger partial charge in [0.05, 0.1) is 10.7 Å². The molecule has 0 bridgehead atoms. The summed E-state index contributed by atoms with van der Waals surface area (Å²) < 4.78 is 0. The maximum absolute atomic E-state index is 11.2. The predicted octanol–water partition coefficient (Wildman–Crippen LogP) is 4.59. The molecule has 1 saturated carbocycles. The molecule has 0 unspecified atom stereocenters. The molecule has 1 aromatic rings. The van der Waals surface area contributed by atoms with Gasteiger partial charge in [-0.3, -0.25) is 4.79 Å². The van der Waals surface area contributed by atoms with Crippen LogP contribution in [0, 0.1) is 0 Å². The molecule has 1 aliphatic rings. The van der Waals surface area contributed by atoms with Crippen LogP contribution in [0.1, 0.15) is 51.5 Å². The van der Waals surface area contributed by atoms with Crippen molar-refractivity contribution in [3.8, 4) is 0 Å². The largest absolute Gasteiger partial charge is 0.325 e. The number of benzene rings is 1. The molecule has 0 aromatic heterocycles. The third-order valence-electron chi connectivity index (χ3n) is 2.64. The number of anilines is 1. The Morgan fingerprint density at radius 2 is 2.06 bits per heavy atom. The molecular formula is C14H20ClNO. The molecule has 94 valence electrons. The van der Waals surface area contributed by atoms with Gasteiger partial charge in [-0.25, -0.2) is 0 Å². The molecule has 0 aliphatic heterocycles. The van der Waals surface area contributed by atoms with E-state index in [2.05, 4.69) is 11.4 Å². The fourth-order valence-electron chi connectivity index (χ4n) is 1.54. The first-order chi connectivity index (χ1) is 8.20. The number of hydrogen-bond acceptors (Lipinski definition) is 1. The van der Waals surface area contributed by atoms with E-state index in [1.54, 1.807) is 0 Å². The Morgan fingerprint density at radius 1 is 1.41 bits per heavy atom. The second-order valence-corrected chi connectivity index (χ2v) is 4.32. The molecule has 1 amide bonds. The minimum Gasteiger partial charge on any atom is -0.325 e. The zero-order valence-corrected chi connectivity index (χ0v) is 11.5. The molecule has 0 saturated heterocycles. The van der Waals surface area contributed by atoms with Crippen LogP contribution in [0.5, 0.6) is 0 Å². The van der Waals surface area contributed by atoms with Crippen molar-refractivity contribution in [2.45, 2.75) is 46.0 Å². The summed E-state index contributed by atoms with van der Waals surface area (Å²) in [5, 5.41) is 3.42. The van der Waals surface area contributed by atoms with Crippen LogP contribution in [0.4, 0.5) is 5.69 Å². The van der Waals surface area contributed by atoms with Crippen LogP contribution in [0.2, 0.25) is 5.02 Å². The normalized spacial score (nSPS) is 13.6. The maximum atomic E-state index is 11.2. The van der Waals surface area contributed by atoms with Gasteiger partial charge in [0.1, 0.15) is 0 Å². The molecule has 2 rings (SSSR count). The summed E-state index contributed by atoms with van der Waals surface area (Å²) in [6.45, 7) is 5.82. The maximum Gasteiger partial charge on any atom is 0.224 e. The predicted molar refractivity (Wildman–Crippen MR) is 73.7 cm³/mol. The van der Waals surface area contributed by atoms with Gasteiger partial charge >= 0.3 is 0 Å². The van der Waals surface area contributed by atoms with Gasteiger partial charge in [-0.15, -0.1) is 0 Å². The monoisotopic (exact) mass is 253 g/mol. The van der Waals surface area contributed by atoms with Gasteiger partial charge in [0, 0.05) is 6.42 Å². The van der Waals surface area contributed by atoms with E-state index in [9.17, 15) is 4.79 Å². The van der Waals surface area contributed by atoms with E-state index >= 15 is 0 Å². The lowest BCUT2D eigenvalue weighted by atomic mass is 10.1. The third kappa shape index (κ3) is 4.04. The Kier molecular flexibility index (Phi) is 5.49. The summed E-state index contributed by atoms with van der Waals surface area (Å²) in [5.74, 6) is 0.689. The van der Waals surface area contributed by atoms with Gasteiger partial charge < -0.3 is 5.32 Å². The number of carbonyl (C=O) groups excluding carboxylic acids is 1. The van der Waals surface area contributed by atoms with E-state index in [1.165, 1.54) is 18.4 Å². The van der Waals surface area contributed by atoms with E-state index in [0.29, 0.717) is 23.0 Å². The van der Waals surface area contributed by atoms with Crippen LogP contribution in [-0.4, -0.2) is 5.91 Å². The SMILES string of the molecule is CC.CCC(=O)Nc1ccc(C2CC2)cc1Cl. The number of amides is 1. The lowest BCUT2D eigenvalue weighted by Crippen LogP contribution is -2.09. The van der Waals surface area contributed by atoms with Gasteiger partial charge in [-0.05, 0) is 36.5 Å². The molecule has 3 heteroatoms. The molecule has 17 heavy (non-hydrogen) atoms. The van der Waals surface area contributed by atoms with Crippen molar-refractivity contribution >= 4 is 23.2 Å². The summed E-state index contributed by atoms with van der Waals surface area (Å²) >= 11 is 6.09. The molecule has 1 aromatic carbocycles. The molecule has 0 spiro atoms. The quantitative estimate of drug-likeness (QED) is 0.839. The molecular weight excluding hydrogens is 234 g/mol. The van der Waals surface area contributed by atoms with E-state index in [-0.39, 0.29) is 5.91 Å². The van der Waals surface area contributed by atoms with Crippen molar-refractivity contribution in [2.24, 2.45) is 0 Å². The van der Waals surface area contributed by atoms with E-state index in [0.717, 1.165) is 0 Å². The van der Waals surface area contributed by atoms with Crippen LogP contribution in [0.25, 0.3) is 0 Å². The Balaban J connectivity index is 0.000000686. The Morgan fingerprint density at radius 3 is 2.53 bits per heavy atom. The summed E-state index contributed by atoms with van der Waals surface area (Å²) in [6.07, 6.45) is 2.99. The molecule has 1 fully saturated rings. The Labute approximate surface area is 108 Å². The second kappa shape index (κ2) is 6.65. The average Bonchev–Trinajstić information content (AvgIpc) is 3.18. The van der Waals surface area contributed by atoms with Gasteiger partial charge in [0.2, 0.25) is 5.91 Å². The summed E-state index contributed by atoms with van der Waals surface area (Å²) in [5.41, 5.74) is 2.00. The first-order valence-corrected chi connectivity index (χ1v) is 6.67. The van der Waals surface area contributed by atoms with Crippen LogP contribution in [0.3, 0.4) is 0 Å². The number of carbonyl (C=O) groups is 1. The van der Waals surface area contributed by atoms with E-state index in [1.807, 2.05) is 32.9 Å². The van der Waals surface area contributed by atoms with Crippen molar-refractivity contribution in [1.82, 2.24) is 0 Å². The molecule has 0 radical (unpaired) electrons. The van der Waals surface area contributed by atoms with Gasteiger partial charge in [-0.2, -0.15) is 0 Å². The van der Waals surface area contributed by atoms with Crippen LogP contribution in [0.15, 0.2) is 18.2 Å². The fraction of sp³-hybridized carbons (Fsp3) is 0.500. The molecule has 2 nitrogen and oxygen atoms in total. The van der Waals surface area contributed by atoms with Crippen molar-refractivity contribution in [2.75, 3.05) is 5.32 Å². The van der Waals surface area contributed by atoms with Crippen LogP contribution >= 0.6 is 11.6 Å². The van der Waals surface area contributed by atoms with Crippen LogP contribution in [-0.2, 0) is 4.79 Å². The highest BCUT2D eigenvalue weighted by molar-refractivity contribution is 6.33. The van der Waals surface area contributed by atoms with Crippen LogP contribution < -0.4 is 5.32 Å². The topological polar surface area (TPSA) is 29.1 Å². The first kappa shape index (κ1) is 14.0. The summed E-state index contributed by atoms with van der Waals surface area (Å²) in [6, 6.07) is 5.91. The third-order valence-corrected chi connectivity index (χ3v) is 2.95. The van der Waals surface area contributed by atoms with Gasteiger partial charge in [0.25, 0.3) is 0 Å². The molecule has 0 heterocycles. The van der Waals surface area contributed by atoms with E-state index in [4.69, 9.17) is 11.6 Å². The minimum atomic E-state index is -0.00364. The first-order valence-electron chi connectivity index (χ1n) is 6.30.